The minimum absolute atomic E-state index is 0.302. The van der Waals surface area contributed by atoms with E-state index in [9.17, 15) is 0 Å². The minimum Gasteiger partial charge on any atom is -0.486 e. The number of ether oxygens (including phenoxy) is 1. The van der Waals surface area contributed by atoms with E-state index in [-0.39, 0.29) is 0 Å². The molecule has 3 N–H and O–H groups in total. The third-order valence-corrected chi connectivity index (χ3v) is 4.08. The number of nitrogen functional groups attached to an aromatic ring is 1. The Kier molecular flexibility index (Phi) is 4.57. The fourth-order valence-corrected chi connectivity index (χ4v) is 2.13. The van der Waals surface area contributed by atoms with Crippen LogP contribution in [0.5, 0.6) is 5.75 Å². The van der Waals surface area contributed by atoms with Gasteiger partial charge in [0.05, 0.1) is 0 Å². The summed E-state index contributed by atoms with van der Waals surface area (Å²) in [6.07, 6.45) is 0. The summed E-state index contributed by atoms with van der Waals surface area (Å²) in [7, 11) is 0. The SMILES string of the molecule is Cc1cc(NN)nc(COc2cc(C)c(Br)c(C)c2)n1. The number of hydrogen-bond acceptors (Lipinski definition) is 5. The van der Waals surface area contributed by atoms with Gasteiger partial charge in [0.1, 0.15) is 18.2 Å². The van der Waals surface area contributed by atoms with Crippen LogP contribution in [0.2, 0.25) is 0 Å². The molecule has 6 heteroatoms. The largest absolute Gasteiger partial charge is 0.486 e. The van der Waals surface area contributed by atoms with Crippen molar-refractivity contribution in [2.45, 2.75) is 27.4 Å². The van der Waals surface area contributed by atoms with E-state index < -0.39 is 0 Å². The standard InChI is InChI=1S/C14H17BrN4O/c1-8-4-11(5-9(2)14(8)15)20-7-13-17-10(3)6-12(18-13)19-16/h4-6H,7,16H2,1-3H3,(H,17,18,19). The van der Waals surface area contributed by atoms with Crippen LogP contribution in [0.1, 0.15) is 22.6 Å². The highest BCUT2D eigenvalue weighted by Crippen LogP contribution is 2.26. The van der Waals surface area contributed by atoms with Gasteiger partial charge in [0.25, 0.3) is 0 Å². The third-order valence-electron chi connectivity index (χ3n) is 2.83. The monoisotopic (exact) mass is 336 g/mol. The van der Waals surface area contributed by atoms with E-state index in [1.165, 1.54) is 0 Å². The number of halogens is 1. The van der Waals surface area contributed by atoms with Crippen LogP contribution in [0, 0.1) is 20.8 Å². The van der Waals surface area contributed by atoms with Crippen LogP contribution in [0.25, 0.3) is 0 Å². The number of benzene rings is 1. The van der Waals surface area contributed by atoms with E-state index in [0.717, 1.165) is 27.0 Å². The van der Waals surface area contributed by atoms with Crippen LogP contribution in [-0.4, -0.2) is 9.97 Å². The summed E-state index contributed by atoms with van der Waals surface area (Å²) in [4.78, 5) is 8.57. The number of hydrogen-bond donors (Lipinski definition) is 2. The Morgan fingerprint density at radius 2 is 1.80 bits per heavy atom. The van der Waals surface area contributed by atoms with Gasteiger partial charge >= 0.3 is 0 Å². The molecule has 0 fully saturated rings. The average molecular weight is 337 g/mol. The highest BCUT2D eigenvalue weighted by atomic mass is 79.9. The predicted octanol–water partition coefficient (Wildman–Crippen LogP) is 3.03. The van der Waals surface area contributed by atoms with Crippen molar-refractivity contribution in [1.82, 2.24) is 9.97 Å². The molecular weight excluding hydrogens is 320 g/mol. The number of rotatable bonds is 4. The second-order valence-corrected chi connectivity index (χ2v) is 5.41. The fraction of sp³-hybridized carbons (Fsp3) is 0.286. The van der Waals surface area contributed by atoms with Gasteiger partial charge in [-0.1, -0.05) is 15.9 Å². The maximum absolute atomic E-state index is 5.75. The number of aromatic nitrogens is 2. The summed E-state index contributed by atoms with van der Waals surface area (Å²) in [5, 5.41) is 0. The maximum atomic E-state index is 5.75. The first-order valence-corrected chi connectivity index (χ1v) is 6.99. The number of nitrogens with one attached hydrogen (secondary N) is 1. The number of nitrogens with zero attached hydrogens (tertiary/aromatic N) is 2. The highest BCUT2D eigenvalue weighted by Gasteiger charge is 2.06. The van der Waals surface area contributed by atoms with Crippen molar-refractivity contribution in [1.29, 1.82) is 0 Å². The molecule has 0 bridgehead atoms. The molecule has 1 aromatic carbocycles. The summed E-state index contributed by atoms with van der Waals surface area (Å²) in [5.74, 6) is 7.34. The Balaban J connectivity index is 2.14. The van der Waals surface area contributed by atoms with Crippen molar-refractivity contribution in [2.24, 2.45) is 5.84 Å². The normalized spacial score (nSPS) is 10.4. The lowest BCUT2D eigenvalue weighted by Gasteiger charge is -2.10. The lowest BCUT2D eigenvalue weighted by atomic mass is 10.1. The van der Waals surface area contributed by atoms with Gasteiger partial charge in [0.2, 0.25) is 0 Å². The van der Waals surface area contributed by atoms with Gasteiger partial charge < -0.3 is 10.2 Å². The Morgan fingerprint density at radius 1 is 1.15 bits per heavy atom. The van der Waals surface area contributed by atoms with Crippen molar-refractivity contribution in [2.75, 3.05) is 5.43 Å². The quantitative estimate of drug-likeness (QED) is 0.663. The molecule has 0 unspecified atom stereocenters. The second kappa shape index (κ2) is 6.19. The smallest absolute Gasteiger partial charge is 0.168 e. The van der Waals surface area contributed by atoms with Crippen LogP contribution in [0.3, 0.4) is 0 Å². The summed E-state index contributed by atoms with van der Waals surface area (Å²) in [5.41, 5.74) is 5.63. The van der Waals surface area contributed by atoms with E-state index in [1.54, 1.807) is 6.07 Å². The van der Waals surface area contributed by atoms with Gasteiger partial charge in [-0.3, -0.25) is 0 Å². The number of anilines is 1. The van der Waals surface area contributed by atoms with Crippen molar-refractivity contribution in [3.05, 3.63) is 45.3 Å². The molecule has 1 heterocycles. The van der Waals surface area contributed by atoms with Crippen molar-refractivity contribution in [3.63, 3.8) is 0 Å². The van der Waals surface area contributed by atoms with E-state index in [1.807, 2.05) is 32.9 Å². The molecule has 2 aromatic rings. The Morgan fingerprint density at radius 3 is 2.40 bits per heavy atom. The minimum atomic E-state index is 0.302. The molecule has 0 atom stereocenters. The Labute approximate surface area is 126 Å². The zero-order chi connectivity index (χ0) is 14.7. The molecule has 20 heavy (non-hydrogen) atoms. The van der Waals surface area contributed by atoms with Gasteiger partial charge in [0, 0.05) is 16.2 Å². The van der Waals surface area contributed by atoms with Crippen LogP contribution < -0.4 is 16.0 Å². The molecule has 2 rings (SSSR count). The van der Waals surface area contributed by atoms with Gasteiger partial charge in [-0.15, -0.1) is 0 Å². The fourth-order valence-electron chi connectivity index (χ4n) is 1.91. The average Bonchev–Trinajstić information content (AvgIpc) is 2.41. The lowest BCUT2D eigenvalue weighted by molar-refractivity contribution is 0.295. The second-order valence-electron chi connectivity index (χ2n) is 4.61. The number of aryl methyl sites for hydroxylation is 3. The van der Waals surface area contributed by atoms with Crippen LogP contribution >= 0.6 is 15.9 Å². The van der Waals surface area contributed by atoms with Gasteiger partial charge in [-0.05, 0) is 44.0 Å². The number of hydrazine groups is 1. The number of nitrogens with two attached hydrogens (primary N) is 1. The molecule has 0 radical (unpaired) electrons. The topological polar surface area (TPSA) is 73.1 Å². The predicted molar refractivity (Wildman–Crippen MR) is 82.5 cm³/mol. The first-order valence-electron chi connectivity index (χ1n) is 6.20. The third kappa shape index (κ3) is 3.46. The molecule has 0 aliphatic heterocycles. The molecule has 0 spiro atoms. The molecule has 0 aliphatic carbocycles. The summed E-state index contributed by atoms with van der Waals surface area (Å²) < 4.78 is 6.85. The van der Waals surface area contributed by atoms with E-state index in [0.29, 0.717) is 18.2 Å². The molecule has 5 nitrogen and oxygen atoms in total. The van der Waals surface area contributed by atoms with Crippen molar-refractivity contribution >= 4 is 21.7 Å². The lowest BCUT2D eigenvalue weighted by Crippen LogP contribution is -2.12. The maximum Gasteiger partial charge on any atom is 0.168 e. The summed E-state index contributed by atoms with van der Waals surface area (Å²) in [6, 6.07) is 5.74. The summed E-state index contributed by atoms with van der Waals surface area (Å²) in [6.45, 7) is 6.25. The van der Waals surface area contributed by atoms with Crippen LogP contribution in [0.15, 0.2) is 22.7 Å². The molecule has 106 valence electrons. The van der Waals surface area contributed by atoms with E-state index in [4.69, 9.17) is 10.6 Å². The van der Waals surface area contributed by atoms with Crippen LogP contribution in [0.4, 0.5) is 5.82 Å². The molecular formula is C14H17BrN4O. The molecule has 0 saturated heterocycles. The van der Waals surface area contributed by atoms with Crippen LogP contribution in [-0.2, 0) is 6.61 Å². The first kappa shape index (κ1) is 14.7. The van der Waals surface area contributed by atoms with Crippen molar-refractivity contribution < 1.29 is 4.74 Å². The van der Waals surface area contributed by atoms with E-state index in [2.05, 4.69) is 31.3 Å². The molecule has 0 aliphatic rings. The zero-order valence-electron chi connectivity index (χ0n) is 11.7. The van der Waals surface area contributed by atoms with Gasteiger partial charge in [-0.25, -0.2) is 15.8 Å². The van der Waals surface area contributed by atoms with Gasteiger partial charge in [0.15, 0.2) is 5.82 Å². The molecule has 0 saturated carbocycles. The zero-order valence-corrected chi connectivity index (χ0v) is 13.3. The molecule has 1 aromatic heterocycles. The highest BCUT2D eigenvalue weighted by molar-refractivity contribution is 9.10. The van der Waals surface area contributed by atoms with Crippen molar-refractivity contribution in [3.8, 4) is 5.75 Å². The summed E-state index contributed by atoms with van der Waals surface area (Å²) >= 11 is 3.54. The Hall–Kier alpha value is -1.66. The molecule has 0 amide bonds. The Bertz CT molecular complexity index is 608. The first-order chi connectivity index (χ1) is 9.49. The van der Waals surface area contributed by atoms with Gasteiger partial charge in [-0.2, -0.15) is 0 Å². The van der Waals surface area contributed by atoms with E-state index >= 15 is 0 Å².